The van der Waals surface area contributed by atoms with Gasteiger partial charge in [0.15, 0.2) is 0 Å². The number of hydrogen-bond acceptors (Lipinski definition) is 4. The summed E-state index contributed by atoms with van der Waals surface area (Å²) in [5.41, 5.74) is -0.219. The molecule has 0 amide bonds. The van der Waals surface area contributed by atoms with Crippen molar-refractivity contribution in [3.63, 3.8) is 0 Å². The summed E-state index contributed by atoms with van der Waals surface area (Å²) in [5, 5.41) is 16.5. The Labute approximate surface area is 74.8 Å². The highest BCUT2D eigenvalue weighted by atomic mass is 16.3. The molecule has 0 aromatic carbocycles. The summed E-state index contributed by atoms with van der Waals surface area (Å²) in [4.78, 5) is 11.5. The average molecular weight is 184 g/mol. The van der Waals surface area contributed by atoms with Crippen molar-refractivity contribution in [2.45, 2.75) is 38.5 Å². The van der Waals surface area contributed by atoms with E-state index in [1.807, 2.05) is 0 Å². The molecular weight excluding hydrogens is 172 g/mol. The summed E-state index contributed by atoms with van der Waals surface area (Å²) in [6, 6.07) is 0.246. The Morgan fingerprint density at radius 2 is 2.31 bits per heavy atom. The Morgan fingerprint density at radius 1 is 1.62 bits per heavy atom. The van der Waals surface area contributed by atoms with Crippen LogP contribution in [-0.4, -0.2) is 31.0 Å². The molecule has 1 aromatic rings. The molecule has 1 N–H and O–H groups in total. The van der Waals surface area contributed by atoms with E-state index in [0.29, 0.717) is 0 Å². The Hall–Kier alpha value is -1.17. The van der Waals surface area contributed by atoms with Gasteiger partial charge in [0.2, 0.25) is 0 Å². The second-order valence-electron chi connectivity index (χ2n) is 3.47. The third-order valence-corrected chi connectivity index (χ3v) is 1.99. The fraction of sp³-hybridized carbons (Fsp3) is 0.857. The van der Waals surface area contributed by atoms with Gasteiger partial charge in [0, 0.05) is 0 Å². The highest BCUT2D eigenvalue weighted by Gasteiger charge is 2.27. The lowest BCUT2D eigenvalue weighted by molar-refractivity contribution is 0.166. The van der Waals surface area contributed by atoms with Crippen LogP contribution in [0, 0.1) is 0 Å². The third-order valence-electron chi connectivity index (χ3n) is 1.99. The fourth-order valence-corrected chi connectivity index (χ4v) is 1.20. The molecule has 0 radical (unpaired) electrons. The summed E-state index contributed by atoms with van der Waals surface area (Å²) in [5.74, 6) is 0. The maximum absolute atomic E-state index is 11.5. The molecule has 1 aliphatic carbocycles. The predicted octanol–water partition coefficient (Wildman–Crippen LogP) is -0.845. The Balaban J connectivity index is 2.22. The number of hydrogen-bond donors (Lipinski definition) is 1. The van der Waals surface area contributed by atoms with E-state index < -0.39 is 6.10 Å². The quantitative estimate of drug-likeness (QED) is 0.664. The molecule has 0 aliphatic heterocycles. The molecule has 1 atom stereocenters. The smallest absolute Gasteiger partial charge is 0.364 e. The fourth-order valence-electron chi connectivity index (χ4n) is 1.20. The molecule has 1 saturated carbocycles. The molecule has 1 aromatic heterocycles. The zero-order chi connectivity index (χ0) is 9.42. The number of aliphatic hydroxyl groups is 1. The van der Waals surface area contributed by atoms with Crippen LogP contribution in [0.2, 0.25) is 0 Å². The lowest BCUT2D eigenvalue weighted by Gasteiger charge is -1.99. The highest BCUT2D eigenvalue weighted by molar-refractivity contribution is 4.80. The summed E-state index contributed by atoms with van der Waals surface area (Å²) in [6.07, 6.45) is 1.45. The van der Waals surface area contributed by atoms with Crippen molar-refractivity contribution in [1.82, 2.24) is 19.8 Å². The molecule has 6 heteroatoms. The van der Waals surface area contributed by atoms with Gasteiger partial charge < -0.3 is 5.11 Å². The third kappa shape index (κ3) is 1.62. The predicted molar refractivity (Wildman–Crippen MR) is 44.2 cm³/mol. The maximum Gasteiger partial charge on any atom is 0.364 e. The molecule has 0 spiro atoms. The second kappa shape index (κ2) is 2.95. The van der Waals surface area contributed by atoms with Gasteiger partial charge in [-0.3, -0.25) is 0 Å². The minimum absolute atomic E-state index is 0.214. The first-order valence-electron chi connectivity index (χ1n) is 4.39. The monoisotopic (exact) mass is 184 g/mol. The van der Waals surface area contributed by atoms with Crippen LogP contribution in [0.4, 0.5) is 0 Å². The van der Waals surface area contributed by atoms with Crippen molar-refractivity contribution >= 4 is 0 Å². The van der Waals surface area contributed by atoms with E-state index in [0.717, 1.165) is 12.8 Å². The van der Waals surface area contributed by atoms with Gasteiger partial charge in [0.05, 0.1) is 18.7 Å². The Kier molecular flexibility index (Phi) is 1.91. The van der Waals surface area contributed by atoms with Gasteiger partial charge in [-0.1, -0.05) is 0 Å². The minimum Gasteiger partial charge on any atom is -0.391 e. The molecule has 13 heavy (non-hydrogen) atoms. The van der Waals surface area contributed by atoms with E-state index >= 15 is 0 Å². The lowest BCUT2D eigenvalue weighted by Crippen LogP contribution is -2.28. The lowest BCUT2D eigenvalue weighted by atomic mass is 10.4. The zero-order valence-corrected chi connectivity index (χ0v) is 7.42. The van der Waals surface area contributed by atoms with Crippen molar-refractivity contribution in [3.05, 3.63) is 10.5 Å². The van der Waals surface area contributed by atoms with Gasteiger partial charge in [-0.2, -0.15) is 9.36 Å². The summed E-state index contributed by atoms with van der Waals surface area (Å²) < 4.78 is 2.59. The molecule has 0 bridgehead atoms. The largest absolute Gasteiger partial charge is 0.391 e. The molecule has 1 unspecified atom stereocenters. The normalized spacial score (nSPS) is 18.9. The van der Waals surface area contributed by atoms with E-state index in [1.54, 1.807) is 6.92 Å². The van der Waals surface area contributed by atoms with Crippen LogP contribution in [-0.2, 0) is 6.54 Å². The number of tetrazole rings is 1. The molecule has 1 heterocycles. The van der Waals surface area contributed by atoms with Gasteiger partial charge in [0.1, 0.15) is 0 Å². The molecule has 0 saturated heterocycles. The van der Waals surface area contributed by atoms with Crippen molar-refractivity contribution in [2.24, 2.45) is 0 Å². The minimum atomic E-state index is -0.568. The molecule has 72 valence electrons. The number of aliphatic hydroxyl groups excluding tert-OH is 1. The van der Waals surface area contributed by atoms with Gasteiger partial charge in [-0.15, -0.1) is 0 Å². The first-order valence-corrected chi connectivity index (χ1v) is 4.39. The van der Waals surface area contributed by atoms with Crippen LogP contribution in [0.3, 0.4) is 0 Å². The molecule has 2 rings (SSSR count). The van der Waals surface area contributed by atoms with Gasteiger partial charge >= 0.3 is 5.69 Å². The van der Waals surface area contributed by atoms with Crippen molar-refractivity contribution < 1.29 is 5.11 Å². The molecule has 1 aliphatic rings. The van der Waals surface area contributed by atoms with Crippen LogP contribution in [0.25, 0.3) is 0 Å². The zero-order valence-electron chi connectivity index (χ0n) is 7.42. The summed E-state index contributed by atoms with van der Waals surface area (Å²) in [6.45, 7) is 1.83. The molecule has 1 fully saturated rings. The van der Waals surface area contributed by atoms with Crippen molar-refractivity contribution in [3.8, 4) is 0 Å². The summed E-state index contributed by atoms with van der Waals surface area (Å²) in [7, 11) is 0. The Morgan fingerprint density at radius 3 is 2.85 bits per heavy atom. The number of nitrogens with zero attached hydrogens (tertiary/aromatic N) is 4. The maximum atomic E-state index is 11.5. The molecule has 6 nitrogen and oxygen atoms in total. The standard InChI is InChI=1S/C7H12N4O2/c1-5(12)4-10-7(13)11(9-8-10)6-2-3-6/h5-6,12H,2-4H2,1H3. The average Bonchev–Trinajstić information content (AvgIpc) is 2.81. The topological polar surface area (TPSA) is 72.9 Å². The van der Waals surface area contributed by atoms with Crippen LogP contribution < -0.4 is 5.69 Å². The first kappa shape index (κ1) is 8.43. The highest BCUT2D eigenvalue weighted by Crippen LogP contribution is 2.32. The number of aromatic nitrogens is 4. The van der Waals surface area contributed by atoms with Gasteiger partial charge in [0.25, 0.3) is 0 Å². The van der Waals surface area contributed by atoms with Gasteiger partial charge in [-0.05, 0) is 30.2 Å². The van der Waals surface area contributed by atoms with Crippen LogP contribution in [0.15, 0.2) is 4.79 Å². The Bertz CT molecular complexity index is 350. The number of rotatable bonds is 3. The van der Waals surface area contributed by atoms with E-state index in [4.69, 9.17) is 5.11 Å². The summed E-state index contributed by atoms with van der Waals surface area (Å²) >= 11 is 0. The SMILES string of the molecule is CC(O)Cn1nnn(C2CC2)c1=O. The van der Waals surface area contributed by atoms with Crippen molar-refractivity contribution in [1.29, 1.82) is 0 Å². The molecular formula is C7H12N4O2. The van der Waals surface area contributed by atoms with E-state index in [2.05, 4.69) is 10.4 Å². The van der Waals surface area contributed by atoms with Gasteiger partial charge in [-0.25, -0.2) is 4.79 Å². The van der Waals surface area contributed by atoms with Crippen LogP contribution in [0.1, 0.15) is 25.8 Å². The van der Waals surface area contributed by atoms with Crippen LogP contribution in [0.5, 0.6) is 0 Å². The first-order chi connectivity index (χ1) is 6.18. The second-order valence-corrected chi connectivity index (χ2v) is 3.47. The van der Waals surface area contributed by atoms with E-state index in [1.165, 1.54) is 9.36 Å². The van der Waals surface area contributed by atoms with E-state index in [9.17, 15) is 4.79 Å². The van der Waals surface area contributed by atoms with Crippen LogP contribution >= 0.6 is 0 Å². The van der Waals surface area contributed by atoms with E-state index in [-0.39, 0.29) is 18.3 Å². The van der Waals surface area contributed by atoms with Crippen molar-refractivity contribution in [2.75, 3.05) is 0 Å².